The van der Waals surface area contributed by atoms with Crippen molar-refractivity contribution in [3.63, 3.8) is 0 Å². The summed E-state index contributed by atoms with van der Waals surface area (Å²) in [6.45, 7) is 0.445. The molecule has 2 aromatic rings. The van der Waals surface area contributed by atoms with E-state index in [1.54, 1.807) is 24.4 Å². The zero-order valence-corrected chi connectivity index (χ0v) is 11.0. The number of ether oxygens (including phenoxy) is 1. The molecule has 0 fully saturated rings. The van der Waals surface area contributed by atoms with E-state index in [9.17, 15) is 4.79 Å². The summed E-state index contributed by atoms with van der Waals surface area (Å²) in [5.41, 5.74) is 0. The van der Waals surface area contributed by atoms with Crippen molar-refractivity contribution in [1.82, 2.24) is 10.2 Å². The van der Waals surface area contributed by atoms with Gasteiger partial charge in [0.1, 0.15) is 11.6 Å². The van der Waals surface area contributed by atoms with Crippen molar-refractivity contribution in [2.24, 2.45) is 0 Å². The summed E-state index contributed by atoms with van der Waals surface area (Å²) in [7, 11) is 0. The first-order valence-corrected chi connectivity index (χ1v) is 6.30. The fraction of sp³-hybridized carbons (Fsp3) is 0.231. The number of benzene rings is 1. The first-order chi connectivity index (χ1) is 9.25. The van der Waals surface area contributed by atoms with Crippen molar-refractivity contribution in [2.75, 3.05) is 11.9 Å². The molecule has 6 heteroatoms. The molecule has 19 heavy (non-hydrogen) atoms. The molecule has 0 saturated heterocycles. The number of carbonyl (C=O) groups is 1. The van der Waals surface area contributed by atoms with Gasteiger partial charge in [-0.15, -0.1) is 0 Å². The third kappa shape index (κ3) is 4.30. The van der Waals surface area contributed by atoms with Gasteiger partial charge in [0, 0.05) is 12.5 Å². The molecule has 1 aromatic carbocycles. The molecule has 0 bridgehead atoms. The van der Waals surface area contributed by atoms with Crippen LogP contribution in [0.5, 0.6) is 5.75 Å². The molecule has 0 aliphatic carbocycles. The summed E-state index contributed by atoms with van der Waals surface area (Å²) in [6, 6.07) is 8.95. The first-order valence-electron chi connectivity index (χ1n) is 5.92. The lowest BCUT2D eigenvalue weighted by molar-refractivity contribution is -0.116. The molecule has 0 spiro atoms. The fourth-order valence-electron chi connectivity index (χ4n) is 1.51. The van der Waals surface area contributed by atoms with Gasteiger partial charge in [-0.2, -0.15) is 5.10 Å². The van der Waals surface area contributed by atoms with Gasteiger partial charge in [0.2, 0.25) is 5.91 Å². The summed E-state index contributed by atoms with van der Waals surface area (Å²) < 4.78 is 5.49. The van der Waals surface area contributed by atoms with E-state index in [0.29, 0.717) is 36.0 Å². The lowest BCUT2D eigenvalue weighted by atomic mass is 10.3. The highest BCUT2D eigenvalue weighted by atomic mass is 35.5. The molecule has 5 nitrogen and oxygen atoms in total. The van der Waals surface area contributed by atoms with Crippen molar-refractivity contribution in [3.8, 4) is 5.75 Å². The first kappa shape index (κ1) is 13.4. The van der Waals surface area contributed by atoms with Gasteiger partial charge in [-0.05, 0) is 18.6 Å². The van der Waals surface area contributed by atoms with Gasteiger partial charge >= 0.3 is 0 Å². The second kappa shape index (κ2) is 6.80. The fourth-order valence-corrected chi connectivity index (χ4v) is 1.71. The minimum atomic E-state index is -0.0768. The molecule has 0 saturated carbocycles. The van der Waals surface area contributed by atoms with Crippen LogP contribution < -0.4 is 10.1 Å². The number of carbonyl (C=O) groups excluding carboxylic acids is 1. The molecule has 0 radical (unpaired) electrons. The summed E-state index contributed by atoms with van der Waals surface area (Å²) in [4.78, 5) is 11.5. The van der Waals surface area contributed by atoms with E-state index in [1.165, 1.54) is 0 Å². The Morgan fingerprint density at radius 2 is 2.21 bits per heavy atom. The maximum Gasteiger partial charge on any atom is 0.225 e. The quantitative estimate of drug-likeness (QED) is 0.799. The normalized spacial score (nSPS) is 10.2. The SMILES string of the molecule is O=C(CCCOc1ccccc1Cl)Nc1ccn[nH]1. The molecule has 0 unspecified atom stereocenters. The van der Waals surface area contributed by atoms with Crippen molar-refractivity contribution in [3.05, 3.63) is 41.6 Å². The van der Waals surface area contributed by atoms with Gasteiger partial charge in [0.05, 0.1) is 17.8 Å². The molecule has 0 aliphatic heterocycles. The summed E-state index contributed by atoms with van der Waals surface area (Å²) in [5.74, 6) is 1.15. The molecule has 1 aromatic heterocycles. The van der Waals surface area contributed by atoms with E-state index in [0.717, 1.165) is 0 Å². The van der Waals surface area contributed by atoms with E-state index in [2.05, 4.69) is 15.5 Å². The van der Waals surface area contributed by atoms with Crippen LogP contribution in [-0.4, -0.2) is 22.7 Å². The zero-order chi connectivity index (χ0) is 13.5. The number of amides is 1. The third-order valence-corrected chi connectivity index (χ3v) is 2.73. The number of nitrogens with zero attached hydrogens (tertiary/aromatic N) is 1. The minimum Gasteiger partial charge on any atom is -0.492 e. The predicted octanol–water partition coefficient (Wildman–Crippen LogP) is 2.86. The summed E-state index contributed by atoms with van der Waals surface area (Å²) in [6.07, 6.45) is 2.57. The van der Waals surface area contributed by atoms with Crippen molar-refractivity contribution < 1.29 is 9.53 Å². The second-order valence-electron chi connectivity index (χ2n) is 3.90. The Balaban J connectivity index is 1.67. The number of anilines is 1. The van der Waals surface area contributed by atoms with Crippen molar-refractivity contribution >= 4 is 23.3 Å². The van der Waals surface area contributed by atoms with E-state index in [-0.39, 0.29) is 5.91 Å². The number of H-pyrrole nitrogens is 1. The van der Waals surface area contributed by atoms with Crippen LogP contribution in [0, 0.1) is 0 Å². The monoisotopic (exact) mass is 279 g/mol. The number of para-hydroxylation sites is 1. The van der Waals surface area contributed by atoms with Gasteiger partial charge in [0.25, 0.3) is 0 Å². The van der Waals surface area contributed by atoms with Crippen LogP contribution in [-0.2, 0) is 4.79 Å². The van der Waals surface area contributed by atoms with E-state index >= 15 is 0 Å². The Bertz CT molecular complexity index is 528. The van der Waals surface area contributed by atoms with Crippen molar-refractivity contribution in [2.45, 2.75) is 12.8 Å². The van der Waals surface area contributed by atoms with Crippen LogP contribution in [0.25, 0.3) is 0 Å². The third-order valence-electron chi connectivity index (χ3n) is 2.42. The Morgan fingerprint density at radius 1 is 1.37 bits per heavy atom. The minimum absolute atomic E-state index is 0.0768. The van der Waals surface area contributed by atoms with Crippen LogP contribution in [0.15, 0.2) is 36.5 Å². The number of halogens is 1. The summed E-state index contributed by atoms with van der Waals surface area (Å²) >= 11 is 5.95. The van der Waals surface area contributed by atoms with E-state index in [1.807, 2.05) is 12.1 Å². The number of rotatable bonds is 6. The molecule has 1 heterocycles. The molecule has 1 amide bonds. The predicted molar refractivity (Wildman–Crippen MR) is 73.4 cm³/mol. The average Bonchev–Trinajstić information content (AvgIpc) is 2.89. The second-order valence-corrected chi connectivity index (χ2v) is 4.31. The van der Waals surface area contributed by atoms with Gasteiger partial charge < -0.3 is 10.1 Å². The lowest BCUT2D eigenvalue weighted by Gasteiger charge is -2.07. The van der Waals surface area contributed by atoms with E-state index < -0.39 is 0 Å². The van der Waals surface area contributed by atoms with Crippen molar-refractivity contribution in [1.29, 1.82) is 0 Å². The number of hydrogen-bond donors (Lipinski definition) is 2. The Kier molecular flexibility index (Phi) is 4.80. The van der Waals surface area contributed by atoms with Gasteiger partial charge in [-0.3, -0.25) is 9.89 Å². The molecule has 0 aliphatic rings. The van der Waals surface area contributed by atoms with Crippen LogP contribution in [0.1, 0.15) is 12.8 Å². The highest BCUT2D eigenvalue weighted by Crippen LogP contribution is 2.23. The Morgan fingerprint density at radius 3 is 2.95 bits per heavy atom. The maximum atomic E-state index is 11.5. The molecular formula is C13H14ClN3O2. The highest BCUT2D eigenvalue weighted by molar-refractivity contribution is 6.32. The smallest absolute Gasteiger partial charge is 0.225 e. The van der Waals surface area contributed by atoms with Gasteiger partial charge in [-0.25, -0.2) is 0 Å². The molecular weight excluding hydrogens is 266 g/mol. The summed E-state index contributed by atoms with van der Waals surface area (Å²) in [5, 5.41) is 9.67. The molecule has 2 N–H and O–H groups in total. The number of hydrogen-bond acceptors (Lipinski definition) is 3. The number of aromatic amines is 1. The molecule has 100 valence electrons. The highest BCUT2D eigenvalue weighted by Gasteiger charge is 2.04. The standard InChI is InChI=1S/C13H14ClN3O2/c14-10-4-1-2-5-11(10)19-9-3-6-13(18)16-12-7-8-15-17-12/h1-2,4-5,7-8H,3,6,9H2,(H2,15,16,17,18). The largest absolute Gasteiger partial charge is 0.492 e. The van der Waals surface area contributed by atoms with Crippen LogP contribution in [0.3, 0.4) is 0 Å². The van der Waals surface area contributed by atoms with E-state index in [4.69, 9.17) is 16.3 Å². The molecule has 0 atom stereocenters. The topological polar surface area (TPSA) is 67.0 Å². The van der Waals surface area contributed by atoms with Gasteiger partial charge in [-0.1, -0.05) is 23.7 Å². The maximum absolute atomic E-state index is 11.5. The van der Waals surface area contributed by atoms with Crippen LogP contribution in [0.2, 0.25) is 5.02 Å². The van der Waals surface area contributed by atoms with Crippen LogP contribution in [0.4, 0.5) is 5.82 Å². The van der Waals surface area contributed by atoms with Crippen LogP contribution >= 0.6 is 11.6 Å². The van der Waals surface area contributed by atoms with Gasteiger partial charge in [0.15, 0.2) is 0 Å². The Labute approximate surface area is 115 Å². The lowest BCUT2D eigenvalue weighted by Crippen LogP contribution is -2.13. The zero-order valence-electron chi connectivity index (χ0n) is 10.2. The number of aromatic nitrogens is 2. The Hall–Kier alpha value is -2.01. The average molecular weight is 280 g/mol. The number of nitrogens with one attached hydrogen (secondary N) is 2. The molecule has 2 rings (SSSR count).